The first-order valence-corrected chi connectivity index (χ1v) is 14.9. The van der Waals surface area contributed by atoms with Gasteiger partial charge in [0.05, 0.1) is 19.8 Å². The van der Waals surface area contributed by atoms with E-state index in [9.17, 15) is 14.4 Å². The standard InChI is InChI=1S/C11H12O3.2C11H8O3/c3*12-9-7-4-2-1-3-6(7)8-10(14-8)11(9)5-13-11/h8,10H,1-5H2;2*1-4,8,10H,5H2. The molecule has 0 N–H and O–H groups in total. The highest BCUT2D eigenvalue weighted by Gasteiger charge is 2.73. The molecule has 3 spiro atoms. The molecular weight excluding hydrogens is 540 g/mol. The summed E-state index contributed by atoms with van der Waals surface area (Å²) < 4.78 is 32.5. The predicted molar refractivity (Wildman–Crippen MR) is 142 cm³/mol. The van der Waals surface area contributed by atoms with Crippen LogP contribution >= 0.6 is 0 Å². The molecule has 6 heterocycles. The van der Waals surface area contributed by atoms with Crippen molar-refractivity contribution >= 4 is 17.3 Å². The molecule has 9 atom stereocenters. The van der Waals surface area contributed by atoms with Crippen molar-refractivity contribution in [1.82, 2.24) is 0 Å². The third-order valence-electron chi connectivity index (χ3n) is 10.5. The van der Waals surface area contributed by atoms with Gasteiger partial charge in [0.2, 0.25) is 0 Å². The Morgan fingerprint density at radius 2 is 0.976 bits per heavy atom. The summed E-state index contributed by atoms with van der Waals surface area (Å²) in [5.41, 5.74) is 4.26. The monoisotopic (exact) mass is 568 g/mol. The lowest BCUT2D eigenvalue weighted by Gasteiger charge is -2.24. The molecule has 12 rings (SSSR count). The zero-order valence-corrected chi connectivity index (χ0v) is 22.7. The largest absolute Gasteiger partial charge is 0.361 e. The van der Waals surface area contributed by atoms with Crippen LogP contribution in [0.4, 0.5) is 0 Å². The number of carbonyl (C=O) groups is 3. The first-order chi connectivity index (χ1) is 20.5. The smallest absolute Gasteiger partial charge is 0.200 e. The molecule has 0 bridgehead atoms. The minimum atomic E-state index is -0.598. The third-order valence-corrected chi connectivity index (χ3v) is 10.5. The zero-order valence-electron chi connectivity index (χ0n) is 22.7. The van der Waals surface area contributed by atoms with Crippen molar-refractivity contribution in [2.75, 3.05) is 19.8 Å². The Hall–Kier alpha value is -3.05. The number of rotatable bonds is 0. The molecule has 214 valence electrons. The van der Waals surface area contributed by atoms with E-state index in [1.54, 1.807) is 0 Å². The maximum Gasteiger partial charge on any atom is 0.200 e. The summed E-state index contributed by atoms with van der Waals surface area (Å²) >= 11 is 0. The van der Waals surface area contributed by atoms with E-state index in [1.807, 2.05) is 48.5 Å². The number of Topliss-reactive ketones (excluding diaryl/α,β-unsaturated/α-hetero) is 3. The van der Waals surface area contributed by atoms with Gasteiger partial charge in [-0.2, -0.15) is 0 Å². The summed E-state index contributed by atoms with van der Waals surface area (Å²) in [6.07, 6.45) is 4.89. The molecule has 6 aliphatic heterocycles. The number of fused-ring (bicyclic) bond motifs is 11. The first-order valence-electron chi connectivity index (χ1n) is 14.9. The number of hydrogen-bond acceptors (Lipinski definition) is 9. The molecule has 6 fully saturated rings. The number of epoxide rings is 6. The van der Waals surface area contributed by atoms with Crippen LogP contribution in [-0.4, -0.2) is 78.4 Å². The van der Waals surface area contributed by atoms with Crippen molar-refractivity contribution in [3.8, 4) is 0 Å². The molecule has 2 aromatic rings. The highest BCUT2D eigenvalue weighted by molar-refractivity contribution is 6.09. The molecule has 2 aromatic carbocycles. The number of ketones is 3. The van der Waals surface area contributed by atoms with Gasteiger partial charge in [0.15, 0.2) is 34.2 Å². The Kier molecular flexibility index (Phi) is 4.59. The zero-order chi connectivity index (χ0) is 28.0. The Morgan fingerprint density at radius 1 is 0.548 bits per heavy atom. The summed E-state index contributed by atoms with van der Waals surface area (Å²) in [6.45, 7) is 1.65. The van der Waals surface area contributed by atoms with Gasteiger partial charge in [-0.3, -0.25) is 14.4 Å². The average molecular weight is 569 g/mol. The van der Waals surface area contributed by atoms with Gasteiger partial charge in [0.1, 0.15) is 36.6 Å². The molecule has 9 nitrogen and oxygen atoms in total. The molecule has 0 radical (unpaired) electrons. The summed E-state index contributed by atoms with van der Waals surface area (Å²) in [7, 11) is 0. The molecule has 0 saturated carbocycles. The van der Waals surface area contributed by atoms with Gasteiger partial charge in [-0.15, -0.1) is 0 Å². The number of carbonyl (C=O) groups excluding carboxylic acids is 3. The molecule has 0 amide bonds. The molecular formula is C33H28O9. The number of ether oxygens (including phenoxy) is 6. The van der Waals surface area contributed by atoms with Crippen LogP contribution in [0.25, 0.3) is 0 Å². The van der Waals surface area contributed by atoms with Gasteiger partial charge in [0, 0.05) is 16.7 Å². The quantitative estimate of drug-likeness (QED) is 0.441. The Labute approximate surface area is 241 Å². The SMILES string of the molecule is O=C1C2=C(CCCC2)C2OC2C12CO2.O=C1c2ccccc2C2OC2C12CO2.O=C1c2ccccc2C2OC2C12CO2. The van der Waals surface area contributed by atoms with Crippen molar-refractivity contribution in [3.05, 3.63) is 81.9 Å². The van der Waals surface area contributed by atoms with Crippen LogP contribution < -0.4 is 0 Å². The van der Waals surface area contributed by atoms with Crippen molar-refractivity contribution in [3.63, 3.8) is 0 Å². The molecule has 10 aliphatic rings. The van der Waals surface area contributed by atoms with Crippen LogP contribution in [0.3, 0.4) is 0 Å². The van der Waals surface area contributed by atoms with E-state index in [0.29, 0.717) is 19.8 Å². The van der Waals surface area contributed by atoms with E-state index in [0.717, 1.165) is 47.1 Å². The van der Waals surface area contributed by atoms with Gasteiger partial charge in [-0.1, -0.05) is 48.5 Å². The summed E-state index contributed by atoms with van der Waals surface area (Å²) in [6, 6.07) is 15.3. The van der Waals surface area contributed by atoms with Crippen molar-refractivity contribution in [2.45, 2.75) is 79.1 Å². The summed E-state index contributed by atoms with van der Waals surface area (Å²) in [5, 5.41) is 0. The molecule has 9 unspecified atom stereocenters. The van der Waals surface area contributed by atoms with Crippen LogP contribution in [0.5, 0.6) is 0 Å². The number of hydrogen-bond donors (Lipinski definition) is 0. The lowest BCUT2D eigenvalue weighted by Crippen LogP contribution is -2.39. The minimum absolute atomic E-state index is 0.00935. The van der Waals surface area contributed by atoms with E-state index < -0.39 is 16.8 Å². The Bertz CT molecular complexity index is 1560. The van der Waals surface area contributed by atoms with Crippen LogP contribution in [0.1, 0.15) is 69.7 Å². The fourth-order valence-corrected chi connectivity index (χ4v) is 7.76. The Balaban J connectivity index is 0.0000000844. The van der Waals surface area contributed by atoms with Gasteiger partial charge < -0.3 is 28.4 Å². The fraction of sp³-hybridized carbons (Fsp3) is 0.485. The second kappa shape index (κ2) is 7.91. The molecule has 0 aromatic heterocycles. The second-order valence-electron chi connectivity index (χ2n) is 12.8. The van der Waals surface area contributed by atoms with Gasteiger partial charge in [-0.25, -0.2) is 0 Å². The molecule has 4 aliphatic carbocycles. The lowest BCUT2D eigenvalue weighted by atomic mass is 9.76. The van der Waals surface area contributed by atoms with E-state index in [1.165, 1.54) is 12.0 Å². The summed E-state index contributed by atoms with van der Waals surface area (Å²) in [5.74, 6) is 0.449. The molecule has 42 heavy (non-hydrogen) atoms. The van der Waals surface area contributed by atoms with Crippen molar-refractivity contribution < 1.29 is 42.8 Å². The normalized spacial score (nSPS) is 44.2. The van der Waals surface area contributed by atoms with Crippen LogP contribution in [-0.2, 0) is 33.2 Å². The lowest BCUT2D eigenvalue weighted by molar-refractivity contribution is -0.121. The van der Waals surface area contributed by atoms with Crippen LogP contribution in [0.15, 0.2) is 59.7 Å². The highest BCUT2D eigenvalue weighted by atomic mass is 16.7. The average Bonchev–Trinajstić information content (AvgIpc) is 3.79. The van der Waals surface area contributed by atoms with Gasteiger partial charge in [0.25, 0.3) is 0 Å². The maximum absolute atomic E-state index is 12.1. The second-order valence-corrected chi connectivity index (χ2v) is 12.8. The molecule has 6 saturated heterocycles. The third kappa shape index (κ3) is 3.16. The van der Waals surface area contributed by atoms with E-state index in [-0.39, 0.29) is 54.0 Å². The van der Waals surface area contributed by atoms with E-state index in [4.69, 9.17) is 28.4 Å². The van der Waals surface area contributed by atoms with Gasteiger partial charge in [-0.05, 0) is 42.4 Å². The van der Waals surface area contributed by atoms with E-state index in [2.05, 4.69) is 0 Å². The van der Waals surface area contributed by atoms with Crippen LogP contribution in [0.2, 0.25) is 0 Å². The number of benzene rings is 2. The van der Waals surface area contributed by atoms with Crippen molar-refractivity contribution in [1.29, 1.82) is 0 Å². The summed E-state index contributed by atoms with van der Waals surface area (Å²) in [4.78, 5) is 36.2. The van der Waals surface area contributed by atoms with Crippen LogP contribution in [0, 0.1) is 0 Å². The first kappa shape index (κ1) is 24.4. The minimum Gasteiger partial charge on any atom is -0.361 e. The topological polar surface area (TPSA) is 126 Å². The van der Waals surface area contributed by atoms with E-state index >= 15 is 0 Å². The molecule has 9 heteroatoms. The fourth-order valence-electron chi connectivity index (χ4n) is 7.76. The maximum atomic E-state index is 12.1. The van der Waals surface area contributed by atoms with Gasteiger partial charge >= 0.3 is 0 Å². The van der Waals surface area contributed by atoms with Crippen molar-refractivity contribution in [2.24, 2.45) is 0 Å². The Morgan fingerprint density at radius 3 is 1.50 bits per heavy atom. The highest BCUT2D eigenvalue weighted by Crippen LogP contribution is 2.59. The predicted octanol–water partition coefficient (Wildman–Crippen LogP) is 3.16.